The normalized spacial score (nSPS) is 10.9. The molecule has 7 nitrogen and oxygen atoms in total. The second-order valence-electron chi connectivity index (χ2n) is 6.93. The first-order valence-corrected chi connectivity index (χ1v) is 11.7. The van der Waals surface area contributed by atoms with E-state index in [2.05, 4.69) is 49.3 Å². The van der Waals surface area contributed by atoms with Gasteiger partial charge >= 0.3 is 0 Å². The molecule has 1 amide bonds. The number of hydrazone groups is 1. The summed E-state index contributed by atoms with van der Waals surface area (Å²) in [4.78, 5) is 22.3. The van der Waals surface area contributed by atoms with E-state index in [9.17, 15) is 14.9 Å². The number of benzene rings is 2. The van der Waals surface area contributed by atoms with Crippen LogP contribution in [0.15, 0.2) is 50.4 Å². The van der Waals surface area contributed by atoms with Crippen LogP contribution in [0.3, 0.4) is 0 Å². The van der Waals surface area contributed by atoms with Gasteiger partial charge in [-0.2, -0.15) is 5.10 Å². The van der Waals surface area contributed by atoms with Crippen molar-refractivity contribution in [1.82, 2.24) is 5.43 Å². The minimum absolute atomic E-state index is 0.0754. The highest BCUT2D eigenvalue weighted by Crippen LogP contribution is 2.34. The molecule has 0 spiro atoms. The molecular weight excluding hydrogens is 530 g/mol. The number of nitro groups is 1. The molecule has 166 valence electrons. The van der Waals surface area contributed by atoms with Crippen LogP contribution in [-0.4, -0.2) is 23.7 Å². The third-order valence-electron chi connectivity index (χ3n) is 4.48. The number of nitro benzene ring substituents is 1. The maximum Gasteiger partial charge on any atom is 0.271 e. The summed E-state index contributed by atoms with van der Waals surface area (Å²) in [6.45, 7) is 2.86. The Morgan fingerprint density at radius 3 is 2.32 bits per heavy atom. The lowest BCUT2D eigenvalue weighted by molar-refractivity contribution is -0.384. The van der Waals surface area contributed by atoms with Crippen LogP contribution >= 0.6 is 31.9 Å². The summed E-state index contributed by atoms with van der Waals surface area (Å²) < 4.78 is 7.48. The Morgan fingerprint density at radius 2 is 1.71 bits per heavy atom. The van der Waals surface area contributed by atoms with E-state index >= 15 is 0 Å². The summed E-state index contributed by atoms with van der Waals surface area (Å²) in [5.41, 5.74) is 3.38. The van der Waals surface area contributed by atoms with Crippen molar-refractivity contribution in [2.24, 2.45) is 5.10 Å². The molecular formula is C22H25Br2N3O4. The molecule has 0 saturated heterocycles. The molecule has 2 aromatic rings. The van der Waals surface area contributed by atoms with Crippen molar-refractivity contribution < 1.29 is 14.5 Å². The summed E-state index contributed by atoms with van der Waals surface area (Å²) in [5.74, 6) is 0.281. The first kappa shape index (κ1) is 25.0. The van der Waals surface area contributed by atoms with Gasteiger partial charge in [0.05, 0.1) is 26.7 Å². The molecule has 9 heteroatoms. The summed E-state index contributed by atoms with van der Waals surface area (Å²) in [6.07, 6.45) is 8.73. The van der Waals surface area contributed by atoms with E-state index in [0.717, 1.165) is 33.1 Å². The summed E-state index contributed by atoms with van der Waals surface area (Å²) >= 11 is 7.04. The number of carbonyl (C=O) groups excluding carboxylic acids is 1. The fraction of sp³-hybridized carbons (Fsp3) is 0.364. The van der Waals surface area contributed by atoms with E-state index in [1.54, 1.807) is 0 Å². The van der Waals surface area contributed by atoms with Gasteiger partial charge in [-0.3, -0.25) is 14.9 Å². The lowest BCUT2D eigenvalue weighted by Crippen LogP contribution is -2.17. The SMILES string of the molecule is CCCCCCCCOc1c(Br)cc(/C=N/NC(=O)c2ccc([N+](=O)[O-])cc2)cc1Br. The van der Waals surface area contributed by atoms with E-state index in [1.807, 2.05) is 12.1 Å². The highest BCUT2D eigenvalue weighted by Gasteiger charge is 2.10. The molecule has 1 N–H and O–H groups in total. The minimum atomic E-state index is -0.517. The number of amides is 1. The van der Waals surface area contributed by atoms with Crippen LogP contribution < -0.4 is 10.2 Å². The first-order chi connectivity index (χ1) is 14.9. The summed E-state index contributed by atoms with van der Waals surface area (Å²) in [6, 6.07) is 9.01. The molecule has 0 saturated carbocycles. The van der Waals surface area contributed by atoms with Crippen molar-refractivity contribution in [3.8, 4) is 5.75 Å². The number of unbranched alkanes of at least 4 members (excludes halogenated alkanes) is 5. The zero-order valence-corrected chi connectivity index (χ0v) is 20.4. The van der Waals surface area contributed by atoms with Gasteiger partial charge in [-0.1, -0.05) is 39.0 Å². The Morgan fingerprint density at radius 1 is 1.10 bits per heavy atom. The number of hydrogen-bond acceptors (Lipinski definition) is 5. The molecule has 2 aromatic carbocycles. The van der Waals surface area contributed by atoms with E-state index in [1.165, 1.54) is 56.2 Å². The predicted molar refractivity (Wildman–Crippen MR) is 129 cm³/mol. The molecule has 0 fully saturated rings. The number of carbonyl (C=O) groups is 1. The zero-order valence-electron chi connectivity index (χ0n) is 17.3. The smallest absolute Gasteiger partial charge is 0.271 e. The number of non-ortho nitro benzene ring substituents is 1. The maximum absolute atomic E-state index is 12.1. The largest absolute Gasteiger partial charge is 0.491 e. The number of nitrogens with one attached hydrogen (secondary N) is 1. The van der Waals surface area contributed by atoms with Gasteiger partial charge in [-0.05, 0) is 68.1 Å². The number of halogens is 2. The van der Waals surface area contributed by atoms with Crippen LogP contribution in [0.1, 0.15) is 61.4 Å². The molecule has 0 bridgehead atoms. The molecule has 0 atom stereocenters. The van der Waals surface area contributed by atoms with Crippen LogP contribution in [0, 0.1) is 10.1 Å². The molecule has 0 heterocycles. The third kappa shape index (κ3) is 8.41. The monoisotopic (exact) mass is 553 g/mol. The molecule has 31 heavy (non-hydrogen) atoms. The van der Waals surface area contributed by atoms with Gasteiger partial charge < -0.3 is 4.74 Å². The minimum Gasteiger partial charge on any atom is -0.491 e. The van der Waals surface area contributed by atoms with Crippen LogP contribution in [0.2, 0.25) is 0 Å². The van der Waals surface area contributed by atoms with Crippen LogP contribution in [-0.2, 0) is 0 Å². The fourth-order valence-electron chi connectivity index (χ4n) is 2.81. The number of ether oxygens (including phenoxy) is 1. The van der Waals surface area contributed by atoms with E-state index in [-0.39, 0.29) is 11.3 Å². The van der Waals surface area contributed by atoms with E-state index < -0.39 is 10.8 Å². The van der Waals surface area contributed by atoms with Gasteiger partial charge in [-0.25, -0.2) is 5.43 Å². The zero-order chi connectivity index (χ0) is 22.6. The van der Waals surface area contributed by atoms with Crippen molar-refractivity contribution in [3.63, 3.8) is 0 Å². The van der Waals surface area contributed by atoms with Gasteiger partial charge in [0.1, 0.15) is 5.75 Å². The van der Waals surface area contributed by atoms with Crippen LogP contribution in [0.4, 0.5) is 5.69 Å². The number of hydrogen-bond donors (Lipinski definition) is 1. The van der Waals surface area contributed by atoms with Crippen LogP contribution in [0.5, 0.6) is 5.75 Å². The number of rotatable bonds is 12. The quantitative estimate of drug-likeness (QED) is 0.138. The highest BCUT2D eigenvalue weighted by atomic mass is 79.9. The van der Waals surface area contributed by atoms with E-state index in [4.69, 9.17) is 4.74 Å². The second-order valence-corrected chi connectivity index (χ2v) is 8.64. The molecule has 0 aliphatic carbocycles. The second kappa shape index (κ2) is 13.2. The van der Waals surface area contributed by atoms with Crippen molar-refractivity contribution >= 4 is 49.7 Å². The van der Waals surface area contributed by atoms with Gasteiger partial charge in [0.15, 0.2) is 0 Å². The molecule has 0 aliphatic heterocycles. The van der Waals surface area contributed by atoms with Gasteiger partial charge in [0.2, 0.25) is 0 Å². The Kier molecular flexibility index (Phi) is 10.7. The highest BCUT2D eigenvalue weighted by molar-refractivity contribution is 9.11. The topological polar surface area (TPSA) is 93.8 Å². The standard InChI is InChI=1S/C22H25Br2N3O4/c1-2-3-4-5-6-7-12-31-21-19(23)13-16(14-20(21)24)15-25-26-22(28)17-8-10-18(11-9-17)27(29)30/h8-11,13-15H,2-7,12H2,1H3,(H,26,28)/b25-15+. The average Bonchev–Trinajstić information content (AvgIpc) is 2.74. The molecule has 0 aromatic heterocycles. The number of nitrogens with zero attached hydrogens (tertiary/aromatic N) is 2. The van der Waals surface area contributed by atoms with Crippen molar-refractivity contribution in [2.75, 3.05) is 6.61 Å². The first-order valence-electron chi connectivity index (χ1n) is 10.1. The predicted octanol–water partition coefficient (Wildman–Crippen LogP) is 6.62. The maximum atomic E-state index is 12.1. The van der Waals surface area contributed by atoms with Crippen molar-refractivity contribution in [3.05, 3.63) is 66.6 Å². The van der Waals surface area contributed by atoms with Gasteiger partial charge in [0, 0.05) is 17.7 Å². The molecule has 0 aliphatic rings. The van der Waals surface area contributed by atoms with Gasteiger partial charge in [0.25, 0.3) is 11.6 Å². The third-order valence-corrected chi connectivity index (χ3v) is 5.66. The lowest BCUT2D eigenvalue weighted by atomic mass is 10.1. The Balaban J connectivity index is 1.87. The average molecular weight is 555 g/mol. The van der Waals surface area contributed by atoms with E-state index in [0.29, 0.717) is 6.61 Å². The Bertz CT molecular complexity index is 894. The summed E-state index contributed by atoms with van der Waals surface area (Å²) in [7, 11) is 0. The van der Waals surface area contributed by atoms with Crippen LogP contribution in [0.25, 0.3) is 0 Å². The Labute approximate surface area is 198 Å². The van der Waals surface area contributed by atoms with Gasteiger partial charge in [-0.15, -0.1) is 0 Å². The fourth-order valence-corrected chi connectivity index (χ4v) is 4.26. The summed E-state index contributed by atoms with van der Waals surface area (Å²) in [5, 5.41) is 14.6. The Hall–Kier alpha value is -2.26. The lowest BCUT2D eigenvalue weighted by Gasteiger charge is -2.11. The molecule has 0 radical (unpaired) electrons. The molecule has 2 rings (SSSR count). The van der Waals surface area contributed by atoms with Crippen molar-refractivity contribution in [1.29, 1.82) is 0 Å². The van der Waals surface area contributed by atoms with Crippen molar-refractivity contribution in [2.45, 2.75) is 45.4 Å². The molecule has 0 unspecified atom stereocenters.